The van der Waals surface area contributed by atoms with Gasteiger partial charge in [0.1, 0.15) is 6.54 Å². The number of rotatable bonds is 5. The Hall–Kier alpha value is -2.62. The topological polar surface area (TPSA) is 64.7 Å². The van der Waals surface area contributed by atoms with E-state index in [2.05, 4.69) is 31.4 Å². The zero-order valence-corrected chi connectivity index (χ0v) is 17.6. The molecule has 0 aliphatic rings. The van der Waals surface area contributed by atoms with Crippen molar-refractivity contribution >= 4 is 27.5 Å². The first kappa shape index (κ1) is 21.1. The van der Waals surface area contributed by atoms with Crippen LogP contribution in [0, 0.1) is 20.8 Å². The van der Waals surface area contributed by atoms with Crippen LogP contribution in [0.1, 0.15) is 28.3 Å². The highest BCUT2D eigenvalue weighted by Crippen LogP contribution is 2.35. The molecule has 2 heterocycles. The van der Waals surface area contributed by atoms with E-state index in [9.17, 15) is 18.0 Å². The Balaban J connectivity index is 1.71. The van der Waals surface area contributed by atoms with Gasteiger partial charge in [-0.15, -0.1) is 0 Å². The molecule has 0 saturated carbocycles. The van der Waals surface area contributed by atoms with Gasteiger partial charge in [-0.3, -0.25) is 14.2 Å². The monoisotopic (exact) mass is 469 g/mol. The maximum absolute atomic E-state index is 13.0. The van der Waals surface area contributed by atoms with E-state index in [-0.39, 0.29) is 16.7 Å². The number of hydrogen-bond acceptors (Lipinski definition) is 3. The number of benzene rings is 1. The van der Waals surface area contributed by atoms with E-state index in [1.54, 1.807) is 18.2 Å². The van der Waals surface area contributed by atoms with Crippen molar-refractivity contribution in [3.8, 4) is 0 Å². The van der Waals surface area contributed by atoms with Crippen molar-refractivity contribution in [1.82, 2.24) is 19.6 Å². The van der Waals surface area contributed by atoms with E-state index in [1.807, 2.05) is 30.7 Å². The van der Waals surface area contributed by atoms with Crippen molar-refractivity contribution in [3.05, 3.63) is 63.1 Å². The van der Waals surface area contributed by atoms with Crippen molar-refractivity contribution in [1.29, 1.82) is 0 Å². The van der Waals surface area contributed by atoms with Crippen LogP contribution < -0.4 is 5.32 Å². The van der Waals surface area contributed by atoms with E-state index in [0.29, 0.717) is 12.2 Å². The van der Waals surface area contributed by atoms with Crippen LogP contribution in [0.2, 0.25) is 0 Å². The highest BCUT2D eigenvalue weighted by Gasteiger charge is 2.38. The number of aromatic nitrogens is 4. The van der Waals surface area contributed by atoms with Crippen LogP contribution in [0.3, 0.4) is 0 Å². The molecule has 3 aromatic rings. The zero-order valence-electron chi connectivity index (χ0n) is 16.0. The Morgan fingerprint density at radius 3 is 2.45 bits per heavy atom. The summed E-state index contributed by atoms with van der Waals surface area (Å²) in [6.07, 6.45) is -4.59. The molecule has 29 heavy (non-hydrogen) atoms. The number of amides is 1. The summed E-state index contributed by atoms with van der Waals surface area (Å²) in [5.41, 5.74) is 2.61. The molecule has 0 unspecified atom stereocenters. The maximum Gasteiger partial charge on any atom is 0.436 e. The van der Waals surface area contributed by atoms with Crippen LogP contribution >= 0.6 is 15.9 Å². The highest BCUT2D eigenvalue weighted by molar-refractivity contribution is 9.10. The number of aryl methyl sites for hydroxylation is 2. The van der Waals surface area contributed by atoms with Crippen molar-refractivity contribution < 1.29 is 18.0 Å². The number of carbonyl (C=O) groups is 1. The minimum atomic E-state index is -4.59. The van der Waals surface area contributed by atoms with Gasteiger partial charge in [0.25, 0.3) is 0 Å². The van der Waals surface area contributed by atoms with Crippen molar-refractivity contribution in [2.24, 2.45) is 0 Å². The molecular weight excluding hydrogens is 451 g/mol. The highest BCUT2D eigenvalue weighted by atomic mass is 79.9. The minimum absolute atomic E-state index is 0.162. The molecule has 2 aromatic heterocycles. The van der Waals surface area contributed by atoms with Crippen LogP contribution in [-0.2, 0) is 24.1 Å². The molecule has 154 valence electrons. The number of nitrogens with zero attached hydrogens (tertiary/aromatic N) is 4. The molecule has 0 fully saturated rings. The molecule has 0 aliphatic carbocycles. The average molecular weight is 470 g/mol. The first-order chi connectivity index (χ1) is 13.5. The van der Waals surface area contributed by atoms with Crippen molar-refractivity contribution in [2.75, 3.05) is 5.32 Å². The standard InChI is InChI=1S/C19H19BrF3N5O/c1-11-7-12(2)27(25-11)9-14-5-4-6-15(8-14)24-16(29)10-28-13(3)17(20)18(26-28)19(21,22)23/h4-8H,9-10H2,1-3H3,(H,24,29). The fourth-order valence-electron chi connectivity index (χ4n) is 2.95. The molecule has 0 radical (unpaired) electrons. The molecule has 0 spiro atoms. The third-order valence-electron chi connectivity index (χ3n) is 4.34. The second-order valence-electron chi connectivity index (χ2n) is 6.74. The minimum Gasteiger partial charge on any atom is -0.324 e. The zero-order chi connectivity index (χ0) is 21.3. The number of nitrogens with one attached hydrogen (secondary N) is 1. The quantitative estimate of drug-likeness (QED) is 0.599. The molecule has 0 aliphatic heterocycles. The van der Waals surface area contributed by atoms with E-state index >= 15 is 0 Å². The first-order valence-corrected chi connectivity index (χ1v) is 9.54. The third kappa shape index (κ3) is 4.87. The Bertz CT molecular complexity index is 1050. The average Bonchev–Trinajstić information content (AvgIpc) is 3.07. The molecule has 3 rings (SSSR count). The van der Waals surface area contributed by atoms with Gasteiger partial charge in [-0.25, -0.2) is 0 Å². The van der Waals surface area contributed by atoms with Gasteiger partial charge in [-0.1, -0.05) is 12.1 Å². The normalized spacial score (nSPS) is 11.7. The van der Waals surface area contributed by atoms with Crippen molar-refractivity contribution in [2.45, 2.75) is 40.0 Å². The lowest BCUT2D eigenvalue weighted by molar-refractivity contribution is -0.142. The number of alkyl halides is 3. The van der Waals surface area contributed by atoms with E-state index < -0.39 is 17.8 Å². The fourth-order valence-corrected chi connectivity index (χ4v) is 3.46. The Kier molecular flexibility index (Phi) is 5.83. The van der Waals surface area contributed by atoms with Gasteiger partial charge in [0, 0.05) is 11.4 Å². The summed E-state index contributed by atoms with van der Waals surface area (Å²) in [7, 11) is 0. The Labute approximate surface area is 173 Å². The molecule has 1 N–H and O–H groups in total. The third-order valence-corrected chi connectivity index (χ3v) is 5.29. The second kappa shape index (κ2) is 8.02. The summed E-state index contributed by atoms with van der Waals surface area (Å²) >= 11 is 2.90. The first-order valence-electron chi connectivity index (χ1n) is 8.74. The van der Waals surface area contributed by atoms with Crippen LogP contribution in [-0.4, -0.2) is 25.5 Å². The van der Waals surface area contributed by atoms with Crippen LogP contribution in [0.25, 0.3) is 0 Å². The van der Waals surface area contributed by atoms with Gasteiger partial charge in [0.05, 0.1) is 22.4 Å². The lowest BCUT2D eigenvalue weighted by atomic mass is 10.2. The van der Waals surface area contributed by atoms with Crippen LogP contribution in [0.5, 0.6) is 0 Å². The predicted octanol–water partition coefficient (Wildman–Crippen LogP) is 4.47. The van der Waals surface area contributed by atoms with Gasteiger partial charge in [-0.2, -0.15) is 23.4 Å². The second-order valence-corrected chi connectivity index (χ2v) is 7.53. The van der Waals surface area contributed by atoms with Crippen LogP contribution in [0.4, 0.5) is 18.9 Å². The molecule has 10 heteroatoms. The number of anilines is 1. The van der Waals surface area contributed by atoms with Gasteiger partial charge in [0.2, 0.25) is 5.91 Å². The summed E-state index contributed by atoms with van der Waals surface area (Å²) in [6.45, 7) is 5.56. The summed E-state index contributed by atoms with van der Waals surface area (Å²) < 4.78 is 41.6. The maximum atomic E-state index is 13.0. The van der Waals surface area contributed by atoms with E-state index in [1.165, 1.54) is 6.92 Å². The van der Waals surface area contributed by atoms with Crippen molar-refractivity contribution in [3.63, 3.8) is 0 Å². The van der Waals surface area contributed by atoms with E-state index in [0.717, 1.165) is 21.6 Å². The van der Waals surface area contributed by atoms with Gasteiger partial charge in [-0.05, 0) is 60.5 Å². The lowest BCUT2D eigenvalue weighted by Gasteiger charge is -2.10. The molecular formula is C19H19BrF3N5O. The summed E-state index contributed by atoms with van der Waals surface area (Å²) in [5.74, 6) is -0.472. The lowest BCUT2D eigenvalue weighted by Crippen LogP contribution is -2.21. The van der Waals surface area contributed by atoms with Gasteiger partial charge in [0.15, 0.2) is 5.69 Å². The number of halogens is 4. The fraction of sp³-hybridized carbons (Fsp3) is 0.316. The SMILES string of the molecule is Cc1cc(C)n(Cc2cccc(NC(=O)Cn3nc(C(F)(F)F)c(Br)c3C)c2)n1. The largest absolute Gasteiger partial charge is 0.436 e. The summed E-state index contributed by atoms with van der Waals surface area (Å²) in [5, 5.41) is 10.6. The molecule has 0 atom stereocenters. The van der Waals surface area contributed by atoms with Gasteiger partial charge < -0.3 is 5.32 Å². The molecule has 0 bridgehead atoms. The Morgan fingerprint density at radius 2 is 1.86 bits per heavy atom. The predicted molar refractivity (Wildman–Crippen MR) is 106 cm³/mol. The van der Waals surface area contributed by atoms with Gasteiger partial charge >= 0.3 is 6.18 Å². The molecule has 1 aromatic carbocycles. The summed E-state index contributed by atoms with van der Waals surface area (Å²) in [4.78, 5) is 12.3. The molecule has 6 nitrogen and oxygen atoms in total. The molecule has 0 saturated heterocycles. The van der Waals surface area contributed by atoms with E-state index in [4.69, 9.17) is 0 Å². The molecule has 1 amide bonds. The number of hydrogen-bond donors (Lipinski definition) is 1. The Morgan fingerprint density at radius 1 is 1.14 bits per heavy atom. The number of carbonyl (C=O) groups excluding carboxylic acids is 1. The summed E-state index contributed by atoms with van der Waals surface area (Å²) in [6, 6.07) is 9.22. The smallest absolute Gasteiger partial charge is 0.324 e. The van der Waals surface area contributed by atoms with Crippen LogP contribution in [0.15, 0.2) is 34.8 Å².